The maximum atomic E-state index is 13.6. The zero-order valence-electron chi connectivity index (χ0n) is 25.4. The van der Waals surface area contributed by atoms with Gasteiger partial charge in [0.25, 0.3) is 0 Å². The van der Waals surface area contributed by atoms with Crippen molar-refractivity contribution >= 4 is 11.7 Å². The van der Waals surface area contributed by atoms with E-state index in [0.29, 0.717) is 61.4 Å². The van der Waals surface area contributed by atoms with Crippen molar-refractivity contribution < 1.29 is 18.3 Å². The molecular formula is C32H37F2N9O2. The van der Waals surface area contributed by atoms with Crippen molar-refractivity contribution in [2.45, 2.75) is 13.0 Å². The highest BCUT2D eigenvalue weighted by Crippen LogP contribution is 2.24. The molecule has 13 heteroatoms. The Labute approximate surface area is 261 Å². The summed E-state index contributed by atoms with van der Waals surface area (Å²) in [6.45, 7) is 8.18. The molecule has 0 aliphatic carbocycles. The summed E-state index contributed by atoms with van der Waals surface area (Å²) in [7, 11) is 2.16. The Morgan fingerprint density at radius 1 is 0.844 bits per heavy atom. The van der Waals surface area contributed by atoms with Crippen molar-refractivity contribution in [1.29, 1.82) is 0 Å². The van der Waals surface area contributed by atoms with E-state index in [-0.39, 0.29) is 24.1 Å². The summed E-state index contributed by atoms with van der Waals surface area (Å²) in [5.41, 5.74) is 1.24. The summed E-state index contributed by atoms with van der Waals surface area (Å²) >= 11 is 0. The van der Waals surface area contributed by atoms with Gasteiger partial charge in [-0.1, -0.05) is 0 Å². The maximum Gasteiger partial charge on any atom is 0.244 e. The lowest BCUT2D eigenvalue weighted by Crippen LogP contribution is -2.50. The van der Waals surface area contributed by atoms with E-state index >= 15 is 0 Å². The molecule has 6 rings (SSSR count). The third-order valence-corrected chi connectivity index (χ3v) is 8.21. The predicted octanol–water partition coefficient (Wildman–Crippen LogP) is 3.05. The number of amides is 1. The maximum absolute atomic E-state index is 13.6. The molecule has 2 aromatic carbocycles. The minimum Gasteiger partial charge on any atom is -0.477 e. The minimum absolute atomic E-state index is 0.0411. The standard InChI is InChI=1S/C32H37F2N9O2/c1-39-12-14-40(15-13-39)11-2-20-45-29-21-28(35-23-36-29)41-16-18-42(19-17-41)30(44)22-43-32(25-5-9-27(34)10-6-25)37-31(38-43)24-3-7-26(33)8-4-24/h3-10,21,23H,2,11-20,22H2,1H3. The topological polar surface area (TPSA) is 95.8 Å². The molecule has 2 saturated heterocycles. The largest absolute Gasteiger partial charge is 0.477 e. The van der Waals surface area contributed by atoms with Crippen molar-refractivity contribution in [3.63, 3.8) is 0 Å². The van der Waals surface area contributed by atoms with Gasteiger partial charge in [0.2, 0.25) is 11.8 Å². The molecule has 2 aliphatic heterocycles. The molecule has 4 aromatic rings. The normalized spacial score (nSPS) is 16.2. The number of carbonyl (C=O) groups excluding carboxylic acids is 1. The molecule has 1 amide bonds. The van der Waals surface area contributed by atoms with E-state index in [1.807, 2.05) is 6.07 Å². The van der Waals surface area contributed by atoms with Crippen molar-refractivity contribution in [3.8, 4) is 28.7 Å². The predicted molar refractivity (Wildman–Crippen MR) is 166 cm³/mol. The number of rotatable bonds is 10. The molecule has 4 heterocycles. The third kappa shape index (κ3) is 7.78. The number of hydrogen-bond acceptors (Lipinski definition) is 9. The van der Waals surface area contributed by atoms with Crippen molar-refractivity contribution in [1.82, 2.24) is 39.4 Å². The number of likely N-dealkylation sites (N-methyl/N-ethyl adjacent to an activating group) is 1. The molecule has 0 atom stereocenters. The number of carbonyl (C=O) groups is 1. The monoisotopic (exact) mass is 617 g/mol. The van der Waals surface area contributed by atoms with Gasteiger partial charge in [0.05, 0.1) is 6.61 Å². The van der Waals surface area contributed by atoms with Gasteiger partial charge in [0.15, 0.2) is 11.6 Å². The Kier molecular flexibility index (Phi) is 9.55. The molecule has 0 unspecified atom stereocenters. The van der Waals surface area contributed by atoms with Gasteiger partial charge in [-0.15, -0.1) is 5.10 Å². The highest BCUT2D eigenvalue weighted by molar-refractivity contribution is 5.77. The Bertz CT molecular complexity index is 1570. The average Bonchev–Trinajstić information content (AvgIpc) is 3.48. The highest BCUT2D eigenvalue weighted by atomic mass is 19.1. The van der Waals surface area contributed by atoms with Crippen LogP contribution in [0.25, 0.3) is 22.8 Å². The van der Waals surface area contributed by atoms with E-state index in [0.717, 1.165) is 45.0 Å². The second kappa shape index (κ2) is 14.1. The number of halogens is 2. The number of piperazine rings is 2. The highest BCUT2D eigenvalue weighted by Gasteiger charge is 2.25. The Hall–Kier alpha value is -4.49. The van der Waals surface area contributed by atoms with Gasteiger partial charge in [-0.2, -0.15) is 0 Å². The molecule has 0 saturated carbocycles. The summed E-state index contributed by atoms with van der Waals surface area (Å²) in [4.78, 5) is 35.5. The molecule has 0 spiro atoms. The lowest BCUT2D eigenvalue weighted by atomic mass is 10.2. The fourth-order valence-corrected chi connectivity index (χ4v) is 5.52. The van der Waals surface area contributed by atoms with Gasteiger partial charge in [-0.3, -0.25) is 4.79 Å². The number of anilines is 1. The number of ether oxygens (including phenoxy) is 1. The Balaban J connectivity index is 1.04. The van der Waals surface area contributed by atoms with Crippen LogP contribution in [0, 0.1) is 11.6 Å². The zero-order valence-corrected chi connectivity index (χ0v) is 25.4. The van der Waals surface area contributed by atoms with Crippen LogP contribution in [-0.2, 0) is 11.3 Å². The molecule has 45 heavy (non-hydrogen) atoms. The van der Waals surface area contributed by atoms with Crippen LogP contribution < -0.4 is 9.64 Å². The number of hydrogen-bond donors (Lipinski definition) is 0. The SMILES string of the molecule is CN1CCN(CCCOc2cc(N3CCN(C(=O)Cn4nc(-c5ccc(F)cc5)nc4-c4ccc(F)cc4)CC3)ncn2)CC1. The summed E-state index contributed by atoms with van der Waals surface area (Å²) < 4.78 is 34.6. The Morgan fingerprint density at radius 3 is 2.20 bits per heavy atom. The zero-order chi connectivity index (χ0) is 31.2. The van der Waals surface area contributed by atoms with Crippen LogP contribution in [-0.4, -0.2) is 118 Å². The number of aromatic nitrogens is 5. The first kappa shape index (κ1) is 30.5. The van der Waals surface area contributed by atoms with Gasteiger partial charge in [-0.25, -0.2) is 28.4 Å². The summed E-state index contributed by atoms with van der Waals surface area (Å²) in [6.07, 6.45) is 2.45. The van der Waals surface area contributed by atoms with Crippen LogP contribution in [0.2, 0.25) is 0 Å². The molecule has 11 nitrogen and oxygen atoms in total. The Morgan fingerprint density at radius 2 is 1.51 bits per heavy atom. The van der Waals surface area contributed by atoms with E-state index in [1.54, 1.807) is 29.2 Å². The molecule has 0 bridgehead atoms. The van der Waals surface area contributed by atoms with Crippen molar-refractivity contribution in [3.05, 3.63) is 72.6 Å². The molecular weight excluding hydrogens is 580 g/mol. The summed E-state index contributed by atoms with van der Waals surface area (Å²) in [6, 6.07) is 13.6. The molecule has 0 radical (unpaired) electrons. The van der Waals surface area contributed by atoms with Crippen LogP contribution in [0.5, 0.6) is 5.88 Å². The number of nitrogens with zero attached hydrogens (tertiary/aromatic N) is 9. The summed E-state index contributed by atoms with van der Waals surface area (Å²) in [5, 5.41) is 4.57. The van der Waals surface area contributed by atoms with E-state index in [4.69, 9.17) is 4.74 Å². The van der Waals surface area contributed by atoms with Crippen LogP contribution in [0.4, 0.5) is 14.6 Å². The quantitative estimate of drug-likeness (QED) is 0.249. The second-order valence-corrected chi connectivity index (χ2v) is 11.4. The van der Waals surface area contributed by atoms with Crippen LogP contribution in [0.1, 0.15) is 6.42 Å². The first-order chi connectivity index (χ1) is 21.9. The van der Waals surface area contributed by atoms with Crippen LogP contribution >= 0.6 is 0 Å². The van der Waals surface area contributed by atoms with Gasteiger partial charge in [-0.05, 0) is 62.0 Å². The summed E-state index contributed by atoms with van der Waals surface area (Å²) in [5.74, 6) is 1.25. The molecule has 0 N–H and O–H groups in total. The van der Waals surface area contributed by atoms with E-state index in [2.05, 4.69) is 41.8 Å². The van der Waals surface area contributed by atoms with E-state index in [1.165, 1.54) is 35.3 Å². The fraction of sp³-hybridized carbons (Fsp3) is 0.406. The molecule has 2 aliphatic rings. The smallest absolute Gasteiger partial charge is 0.244 e. The van der Waals surface area contributed by atoms with E-state index < -0.39 is 0 Å². The first-order valence-electron chi connectivity index (χ1n) is 15.3. The van der Waals surface area contributed by atoms with Gasteiger partial charge < -0.3 is 24.3 Å². The van der Waals surface area contributed by atoms with Gasteiger partial charge in [0.1, 0.15) is 30.3 Å². The van der Waals surface area contributed by atoms with Gasteiger partial charge in [0, 0.05) is 76.1 Å². The van der Waals surface area contributed by atoms with Crippen molar-refractivity contribution in [2.75, 3.05) is 77.5 Å². The van der Waals surface area contributed by atoms with Crippen molar-refractivity contribution in [2.24, 2.45) is 0 Å². The number of benzene rings is 2. The minimum atomic E-state index is -0.374. The second-order valence-electron chi connectivity index (χ2n) is 11.4. The molecule has 2 fully saturated rings. The lowest BCUT2D eigenvalue weighted by molar-refractivity contribution is -0.132. The van der Waals surface area contributed by atoms with Gasteiger partial charge >= 0.3 is 0 Å². The van der Waals surface area contributed by atoms with E-state index in [9.17, 15) is 13.6 Å². The average molecular weight is 618 g/mol. The molecule has 236 valence electrons. The third-order valence-electron chi connectivity index (χ3n) is 8.21. The molecule has 2 aromatic heterocycles. The fourth-order valence-electron chi connectivity index (χ4n) is 5.52. The van der Waals surface area contributed by atoms with Crippen LogP contribution in [0.3, 0.4) is 0 Å². The van der Waals surface area contributed by atoms with Crippen LogP contribution in [0.15, 0.2) is 60.9 Å². The lowest BCUT2D eigenvalue weighted by Gasteiger charge is -2.35. The first-order valence-corrected chi connectivity index (χ1v) is 15.3.